The summed E-state index contributed by atoms with van der Waals surface area (Å²) < 4.78 is 0. The normalized spacial score (nSPS) is 12.3. The molecule has 0 fully saturated rings. The first-order valence-electron chi connectivity index (χ1n) is 4.89. The lowest BCUT2D eigenvalue weighted by atomic mass is 9.96. The van der Waals surface area contributed by atoms with Crippen molar-refractivity contribution in [2.45, 2.75) is 31.3 Å². The van der Waals surface area contributed by atoms with Crippen LogP contribution in [0.15, 0.2) is 5.16 Å². The zero-order valence-corrected chi connectivity index (χ0v) is 11.2. The van der Waals surface area contributed by atoms with E-state index in [1.54, 1.807) is 0 Å². The monoisotopic (exact) mass is 256 g/mol. The van der Waals surface area contributed by atoms with Crippen molar-refractivity contribution >= 4 is 34.5 Å². The van der Waals surface area contributed by atoms with Crippen LogP contribution in [0.1, 0.15) is 26.6 Å². The number of thioether (sulfide) groups is 1. The average molecular weight is 257 g/mol. The minimum Gasteiger partial charge on any atom is -0.338 e. The van der Waals surface area contributed by atoms with Gasteiger partial charge in [0.1, 0.15) is 11.3 Å². The van der Waals surface area contributed by atoms with E-state index in [-0.39, 0.29) is 5.41 Å². The summed E-state index contributed by atoms with van der Waals surface area (Å²) in [7, 11) is 0. The molecular weight excluding hydrogens is 244 g/mol. The summed E-state index contributed by atoms with van der Waals surface area (Å²) in [6, 6.07) is 0. The number of aromatic nitrogens is 4. The van der Waals surface area contributed by atoms with E-state index < -0.39 is 0 Å². The molecule has 0 spiro atoms. The summed E-state index contributed by atoms with van der Waals surface area (Å²) in [4.78, 5) is 16.1. The highest BCUT2D eigenvalue weighted by atomic mass is 35.5. The van der Waals surface area contributed by atoms with Crippen LogP contribution in [0.3, 0.4) is 0 Å². The molecule has 0 amide bonds. The molecule has 2 aromatic rings. The van der Waals surface area contributed by atoms with Crippen molar-refractivity contribution < 1.29 is 0 Å². The number of imidazole rings is 1. The van der Waals surface area contributed by atoms with Crippen LogP contribution < -0.4 is 0 Å². The first-order chi connectivity index (χ1) is 7.41. The summed E-state index contributed by atoms with van der Waals surface area (Å²) in [6.45, 7) is 6.25. The van der Waals surface area contributed by atoms with Crippen LogP contribution >= 0.6 is 23.4 Å². The van der Waals surface area contributed by atoms with Crippen molar-refractivity contribution in [1.82, 2.24) is 19.9 Å². The SMILES string of the molecule is CSc1nc(Cl)c2[nH]c(C(C)(C)C)nc2n1. The molecule has 4 nitrogen and oxygen atoms in total. The largest absolute Gasteiger partial charge is 0.338 e. The first-order valence-corrected chi connectivity index (χ1v) is 6.50. The van der Waals surface area contributed by atoms with Crippen molar-refractivity contribution in [3.63, 3.8) is 0 Å². The lowest BCUT2D eigenvalue weighted by Crippen LogP contribution is -2.13. The number of H-pyrrole nitrogens is 1. The van der Waals surface area contributed by atoms with E-state index in [4.69, 9.17) is 11.6 Å². The van der Waals surface area contributed by atoms with Crippen LogP contribution in [0.25, 0.3) is 11.2 Å². The fourth-order valence-electron chi connectivity index (χ4n) is 1.29. The second kappa shape index (κ2) is 3.89. The van der Waals surface area contributed by atoms with Gasteiger partial charge in [-0.15, -0.1) is 0 Å². The van der Waals surface area contributed by atoms with Gasteiger partial charge in [-0.1, -0.05) is 44.1 Å². The fraction of sp³-hybridized carbons (Fsp3) is 0.500. The van der Waals surface area contributed by atoms with Crippen LogP contribution in [0.5, 0.6) is 0 Å². The van der Waals surface area contributed by atoms with E-state index in [0.29, 0.717) is 21.5 Å². The Hall–Kier alpha value is -0.810. The van der Waals surface area contributed by atoms with E-state index in [9.17, 15) is 0 Å². The lowest BCUT2D eigenvalue weighted by molar-refractivity contribution is 0.554. The molecule has 1 N–H and O–H groups in total. The van der Waals surface area contributed by atoms with Crippen molar-refractivity contribution in [2.24, 2.45) is 0 Å². The van der Waals surface area contributed by atoms with E-state index in [1.807, 2.05) is 6.26 Å². The smallest absolute Gasteiger partial charge is 0.190 e. The predicted octanol–water partition coefficient (Wildman–Crippen LogP) is 3.03. The Balaban J connectivity index is 2.66. The number of hydrogen-bond donors (Lipinski definition) is 1. The third-order valence-corrected chi connectivity index (χ3v) is 3.00. The fourth-order valence-corrected chi connectivity index (χ4v) is 1.91. The van der Waals surface area contributed by atoms with Gasteiger partial charge in [-0.05, 0) is 6.26 Å². The van der Waals surface area contributed by atoms with E-state index in [2.05, 4.69) is 40.7 Å². The van der Waals surface area contributed by atoms with Crippen LogP contribution in [-0.2, 0) is 5.41 Å². The number of fused-ring (bicyclic) bond motifs is 1. The molecule has 2 heterocycles. The highest BCUT2D eigenvalue weighted by molar-refractivity contribution is 7.98. The summed E-state index contributed by atoms with van der Waals surface area (Å²) >= 11 is 7.52. The molecule has 0 aliphatic heterocycles. The lowest BCUT2D eigenvalue weighted by Gasteiger charge is -2.13. The molecule has 0 saturated heterocycles. The highest BCUT2D eigenvalue weighted by Gasteiger charge is 2.20. The third kappa shape index (κ3) is 2.01. The van der Waals surface area contributed by atoms with Crippen molar-refractivity contribution in [3.05, 3.63) is 11.0 Å². The van der Waals surface area contributed by atoms with Gasteiger partial charge in [0.2, 0.25) is 0 Å². The van der Waals surface area contributed by atoms with Crippen LogP contribution in [0, 0.1) is 0 Å². The van der Waals surface area contributed by atoms with Crippen LogP contribution in [0.4, 0.5) is 0 Å². The molecular formula is C10H13ClN4S. The van der Waals surface area contributed by atoms with Gasteiger partial charge in [0.25, 0.3) is 0 Å². The van der Waals surface area contributed by atoms with Crippen molar-refractivity contribution in [3.8, 4) is 0 Å². The number of halogens is 1. The maximum atomic E-state index is 6.07. The molecule has 0 aromatic carbocycles. The molecule has 16 heavy (non-hydrogen) atoms. The standard InChI is InChI=1S/C10H13ClN4S/c1-10(2,3)8-12-5-6(11)13-9(16-4)15-7(5)14-8/h1-4H3,(H,12,13,14,15). The Kier molecular flexibility index (Phi) is 2.84. The second-order valence-electron chi connectivity index (χ2n) is 4.54. The number of aromatic amines is 1. The topological polar surface area (TPSA) is 54.5 Å². The molecule has 0 saturated carbocycles. The number of nitrogens with zero attached hydrogens (tertiary/aromatic N) is 3. The van der Waals surface area contributed by atoms with Gasteiger partial charge >= 0.3 is 0 Å². The van der Waals surface area contributed by atoms with Gasteiger partial charge in [-0.25, -0.2) is 15.0 Å². The first kappa shape index (κ1) is 11.7. The van der Waals surface area contributed by atoms with E-state index in [1.165, 1.54) is 11.8 Å². The molecule has 6 heteroatoms. The van der Waals surface area contributed by atoms with Gasteiger partial charge in [-0.2, -0.15) is 0 Å². The number of rotatable bonds is 1. The van der Waals surface area contributed by atoms with Gasteiger partial charge < -0.3 is 4.98 Å². The third-order valence-electron chi connectivity index (χ3n) is 2.18. The van der Waals surface area contributed by atoms with Crippen LogP contribution in [-0.4, -0.2) is 26.2 Å². The molecule has 0 radical (unpaired) electrons. The van der Waals surface area contributed by atoms with Gasteiger partial charge in [0.05, 0.1) is 0 Å². The number of nitrogens with one attached hydrogen (secondary N) is 1. The Labute approximate surface area is 103 Å². The average Bonchev–Trinajstić information content (AvgIpc) is 2.61. The summed E-state index contributed by atoms with van der Waals surface area (Å²) in [5.41, 5.74) is 1.29. The molecule has 2 rings (SSSR count). The minimum atomic E-state index is -0.0520. The summed E-state index contributed by atoms with van der Waals surface area (Å²) in [6.07, 6.45) is 1.91. The van der Waals surface area contributed by atoms with Crippen molar-refractivity contribution in [1.29, 1.82) is 0 Å². The molecule has 0 aliphatic rings. The number of hydrogen-bond acceptors (Lipinski definition) is 4. The summed E-state index contributed by atoms with van der Waals surface area (Å²) in [5, 5.41) is 1.07. The Morgan fingerprint density at radius 3 is 2.44 bits per heavy atom. The van der Waals surface area contributed by atoms with Gasteiger partial charge in [0.15, 0.2) is 16.0 Å². The zero-order chi connectivity index (χ0) is 11.9. The van der Waals surface area contributed by atoms with Gasteiger partial charge in [0, 0.05) is 5.41 Å². The molecule has 0 aliphatic carbocycles. The Morgan fingerprint density at radius 1 is 1.19 bits per heavy atom. The Morgan fingerprint density at radius 2 is 1.88 bits per heavy atom. The maximum absolute atomic E-state index is 6.07. The molecule has 0 bridgehead atoms. The predicted molar refractivity (Wildman–Crippen MR) is 67.2 cm³/mol. The molecule has 2 aromatic heterocycles. The van der Waals surface area contributed by atoms with Crippen LogP contribution in [0.2, 0.25) is 5.15 Å². The maximum Gasteiger partial charge on any atom is 0.190 e. The van der Waals surface area contributed by atoms with Crippen molar-refractivity contribution in [2.75, 3.05) is 6.26 Å². The second-order valence-corrected chi connectivity index (χ2v) is 5.67. The quantitative estimate of drug-likeness (QED) is 0.484. The van der Waals surface area contributed by atoms with E-state index >= 15 is 0 Å². The highest BCUT2D eigenvalue weighted by Crippen LogP contribution is 2.26. The Bertz CT molecular complexity index is 529. The van der Waals surface area contributed by atoms with E-state index in [0.717, 1.165) is 5.82 Å². The molecule has 86 valence electrons. The summed E-state index contributed by atoms with van der Waals surface area (Å²) in [5.74, 6) is 0.872. The van der Waals surface area contributed by atoms with Gasteiger partial charge in [-0.3, -0.25) is 0 Å². The zero-order valence-electron chi connectivity index (χ0n) is 9.63. The molecule has 0 atom stereocenters. The molecule has 0 unspecified atom stereocenters. The minimum absolute atomic E-state index is 0.0520.